The van der Waals surface area contributed by atoms with E-state index < -0.39 is 0 Å². The summed E-state index contributed by atoms with van der Waals surface area (Å²) in [5, 5.41) is 6.00. The average molecular weight is 339 g/mol. The Hall–Kier alpha value is -1.18. The van der Waals surface area contributed by atoms with E-state index in [2.05, 4.69) is 15.5 Å². The van der Waals surface area contributed by atoms with Crippen LogP contribution in [0.2, 0.25) is 0 Å². The molecule has 2 fully saturated rings. The highest BCUT2D eigenvalue weighted by atomic mass is 32.2. The topological polar surface area (TPSA) is 66.7 Å². The first-order valence-corrected chi connectivity index (χ1v) is 9.33. The molecule has 0 bridgehead atoms. The molecule has 1 aromatic rings. The van der Waals surface area contributed by atoms with Gasteiger partial charge in [-0.05, 0) is 31.2 Å². The summed E-state index contributed by atoms with van der Waals surface area (Å²) in [6.45, 7) is 6.07. The molecule has 0 aromatic carbocycles. The summed E-state index contributed by atoms with van der Waals surface area (Å²) in [6.07, 6.45) is 2.74. The Morgan fingerprint density at radius 2 is 2.30 bits per heavy atom. The Morgan fingerprint density at radius 3 is 2.96 bits per heavy atom. The van der Waals surface area contributed by atoms with E-state index in [9.17, 15) is 4.79 Å². The summed E-state index contributed by atoms with van der Waals surface area (Å²) in [5.41, 5.74) is 0.0692. The van der Waals surface area contributed by atoms with Crippen molar-refractivity contribution in [3.63, 3.8) is 0 Å². The van der Waals surface area contributed by atoms with Crippen LogP contribution in [0.5, 0.6) is 0 Å². The highest BCUT2D eigenvalue weighted by Crippen LogP contribution is 2.33. The molecule has 3 heterocycles. The molecule has 2 aliphatic heterocycles. The molecule has 2 N–H and O–H groups in total. The molecule has 23 heavy (non-hydrogen) atoms. The van der Waals surface area contributed by atoms with Crippen LogP contribution in [0, 0.1) is 0 Å². The second-order valence-electron chi connectivity index (χ2n) is 6.19. The van der Waals surface area contributed by atoms with Crippen molar-refractivity contribution in [1.29, 1.82) is 0 Å². The summed E-state index contributed by atoms with van der Waals surface area (Å²) >= 11 is 1.97. The minimum absolute atomic E-state index is 0.0692. The van der Waals surface area contributed by atoms with E-state index in [0.29, 0.717) is 6.54 Å². The lowest BCUT2D eigenvalue weighted by Crippen LogP contribution is -2.59. The van der Waals surface area contributed by atoms with Gasteiger partial charge in [-0.3, -0.25) is 4.90 Å². The van der Waals surface area contributed by atoms with Gasteiger partial charge < -0.3 is 19.8 Å². The number of ether oxygens (including phenoxy) is 1. The van der Waals surface area contributed by atoms with Crippen LogP contribution in [0.1, 0.15) is 25.1 Å². The van der Waals surface area contributed by atoms with Crippen molar-refractivity contribution in [1.82, 2.24) is 15.5 Å². The van der Waals surface area contributed by atoms with Gasteiger partial charge in [-0.15, -0.1) is 0 Å². The maximum absolute atomic E-state index is 12.2. The standard InChI is InChI=1S/C16H25N3O3S/c1-13(14-3-2-7-22-14)18-15(20)17-11-16(4-10-23-12-16)19-5-8-21-9-6-19/h2-3,7,13H,4-6,8-12H2,1H3,(H2,17,18,20)/t13-,16+/m1/s1. The Labute approximate surface area is 141 Å². The molecule has 0 aliphatic carbocycles. The fourth-order valence-electron chi connectivity index (χ4n) is 3.24. The molecule has 6 nitrogen and oxygen atoms in total. The number of morpholine rings is 1. The SMILES string of the molecule is C[C@@H](NC(=O)NC[C@@]1(N2CCOCC2)CCSC1)c1ccco1. The van der Waals surface area contributed by atoms with Crippen LogP contribution in [0.4, 0.5) is 4.79 Å². The lowest BCUT2D eigenvalue weighted by molar-refractivity contribution is -0.0124. The average Bonchev–Trinajstić information content (AvgIpc) is 3.26. The Bertz CT molecular complexity index is 497. The van der Waals surface area contributed by atoms with Gasteiger partial charge in [0.2, 0.25) is 0 Å². The van der Waals surface area contributed by atoms with E-state index in [4.69, 9.17) is 9.15 Å². The van der Waals surface area contributed by atoms with Gasteiger partial charge in [-0.25, -0.2) is 4.79 Å². The van der Waals surface area contributed by atoms with E-state index in [-0.39, 0.29) is 17.6 Å². The zero-order valence-electron chi connectivity index (χ0n) is 13.5. The minimum Gasteiger partial charge on any atom is -0.467 e. The Morgan fingerprint density at radius 1 is 1.48 bits per heavy atom. The molecule has 2 aliphatic rings. The summed E-state index contributed by atoms with van der Waals surface area (Å²) in [7, 11) is 0. The van der Waals surface area contributed by atoms with Crippen LogP contribution in [0.3, 0.4) is 0 Å². The van der Waals surface area contributed by atoms with Crippen LogP contribution >= 0.6 is 11.8 Å². The molecule has 2 saturated heterocycles. The van der Waals surface area contributed by atoms with Crippen molar-refractivity contribution in [2.24, 2.45) is 0 Å². The third-order valence-electron chi connectivity index (χ3n) is 4.66. The maximum Gasteiger partial charge on any atom is 0.315 e. The fraction of sp³-hybridized carbons (Fsp3) is 0.688. The number of carbonyl (C=O) groups excluding carboxylic acids is 1. The van der Waals surface area contributed by atoms with Gasteiger partial charge in [0, 0.05) is 30.9 Å². The molecule has 7 heteroatoms. The number of hydrogen-bond acceptors (Lipinski definition) is 5. The number of thioether (sulfide) groups is 1. The Kier molecular flexibility index (Phi) is 5.50. The number of nitrogens with one attached hydrogen (secondary N) is 2. The van der Waals surface area contributed by atoms with E-state index >= 15 is 0 Å². The molecular formula is C16H25N3O3S. The first-order valence-electron chi connectivity index (χ1n) is 8.18. The third kappa shape index (κ3) is 4.02. The van der Waals surface area contributed by atoms with Crippen molar-refractivity contribution in [3.8, 4) is 0 Å². The molecular weight excluding hydrogens is 314 g/mol. The van der Waals surface area contributed by atoms with Crippen LogP contribution in [0.25, 0.3) is 0 Å². The molecule has 3 rings (SSSR count). The summed E-state index contributed by atoms with van der Waals surface area (Å²) in [6, 6.07) is 3.42. The second-order valence-corrected chi connectivity index (χ2v) is 7.30. The monoisotopic (exact) mass is 339 g/mol. The quantitative estimate of drug-likeness (QED) is 0.857. The lowest BCUT2D eigenvalue weighted by atomic mass is 9.95. The number of amides is 2. The molecule has 128 valence electrons. The van der Waals surface area contributed by atoms with E-state index in [1.54, 1.807) is 6.26 Å². The van der Waals surface area contributed by atoms with E-state index in [0.717, 1.165) is 50.0 Å². The summed E-state index contributed by atoms with van der Waals surface area (Å²) < 4.78 is 10.8. The maximum atomic E-state index is 12.2. The van der Waals surface area contributed by atoms with Crippen molar-refractivity contribution in [2.45, 2.75) is 24.9 Å². The van der Waals surface area contributed by atoms with Gasteiger partial charge in [0.1, 0.15) is 5.76 Å². The highest BCUT2D eigenvalue weighted by Gasteiger charge is 2.40. The van der Waals surface area contributed by atoms with E-state index in [1.807, 2.05) is 30.8 Å². The summed E-state index contributed by atoms with van der Waals surface area (Å²) in [4.78, 5) is 14.7. The van der Waals surface area contributed by atoms with Gasteiger partial charge in [0.25, 0.3) is 0 Å². The molecule has 0 spiro atoms. The lowest BCUT2D eigenvalue weighted by Gasteiger charge is -2.43. The van der Waals surface area contributed by atoms with Crippen LogP contribution in [-0.2, 0) is 4.74 Å². The predicted octanol–water partition coefficient (Wildman–Crippen LogP) is 1.85. The largest absolute Gasteiger partial charge is 0.467 e. The molecule has 2 amide bonds. The normalized spacial score (nSPS) is 26.8. The van der Waals surface area contributed by atoms with Gasteiger partial charge in [0.05, 0.1) is 25.5 Å². The minimum atomic E-state index is -0.140. The predicted molar refractivity (Wildman–Crippen MR) is 90.7 cm³/mol. The van der Waals surface area contributed by atoms with Crippen LogP contribution in [-0.4, -0.2) is 60.8 Å². The van der Waals surface area contributed by atoms with Crippen molar-refractivity contribution in [3.05, 3.63) is 24.2 Å². The zero-order valence-corrected chi connectivity index (χ0v) is 14.4. The first-order chi connectivity index (χ1) is 11.2. The van der Waals surface area contributed by atoms with Crippen molar-refractivity contribution in [2.75, 3.05) is 44.4 Å². The number of carbonyl (C=O) groups is 1. The zero-order chi connectivity index (χ0) is 16.1. The second kappa shape index (κ2) is 7.59. The first kappa shape index (κ1) is 16.7. The number of furan rings is 1. The smallest absolute Gasteiger partial charge is 0.315 e. The van der Waals surface area contributed by atoms with Gasteiger partial charge >= 0.3 is 6.03 Å². The van der Waals surface area contributed by atoms with Gasteiger partial charge in [-0.2, -0.15) is 11.8 Å². The van der Waals surface area contributed by atoms with Gasteiger partial charge in [0.15, 0.2) is 0 Å². The molecule has 0 unspecified atom stereocenters. The number of nitrogens with zero attached hydrogens (tertiary/aromatic N) is 1. The molecule has 0 radical (unpaired) electrons. The van der Waals surface area contributed by atoms with Crippen molar-refractivity contribution < 1.29 is 13.9 Å². The van der Waals surface area contributed by atoms with Crippen LogP contribution in [0.15, 0.2) is 22.8 Å². The van der Waals surface area contributed by atoms with Crippen molar-refractivity contribution >= 4 is 17.8 Å². The molecule has 2 atom stereocenters. The number of hydrogen-bond donors (Lipinski definition) is 2. The molecule has 1 aromatic heterocycles. The Balaban J connectivity index is 1.53. The number of rotatable bonds is 5. The number of urea groups is 1. The van der Waals surface area contributed by atoms with Crippen LogP contribution < -0.4 is 10.6 Å². The fourth-order valence-corrected chi connectivity index (χ4v) is 4.71. The molecule has 0 saturated carbocycles. The third-order valence-corrected chi connectivity index (χ3v) is 5.89. The van der Waals surface area contributed by atoms with Gasteiger partial charge in [-0.1, -0.05) is 0 Å². The summed E-state index contributed by atoms with van der Waals surface area (Å²) in [5.74, 6) is 2.99. The highest BCUT2D eigenvalue weighted by molar-refractivity contribution is 7.99. The van der Waals surface area contributed by atoms with E-state index in [1.165, 1.54) is 0 Å².